The van der Waals surface area contributed by atoms with E-state index in [4.69, 9.17) is 0 Å². The molecule has 1 unspecified atom stereocenters. The SMILES string of the molecule is CN(C)CCN(Cc1ccc(F)cc1F)C(=O)C1CC(=O)Nc2ccccc21. The van der Waals surface area contributed by atoms with E-state index in [0.717, 1.165) is 11.6 Å². The smallest absolute Gasteiger partial charge is 0.231 e. The van der Waals surface area contributed by atoms with Crippen molar-refractivity contribution in [1.82, 2.24) is 9.80 Å². The molecule has 0 aliphatic carbocycles. The Morgan fingerprint density at radius 2 is 1.89 bits per heavy atom. The highest BCUT2D eigenvalue weighted by Gasteiger charge is 2.33. The molecule has 0 spiro atoms. The van der Waals surface area contributed by atoms with Crippen molar-refractivity contribution in [2.24, 2.45) is 0 Å². The molecule has 3 rings (SSSR count). The molecule has 2 aromatic rings. The fraction of sp³-hybridized carbons (Fsp3) is 0.333. The van der Waals surface area contributed by atoms with E-state index in [1.54, 1.807) is 12.1 Å². The van der Waals surface area contributed by atoms with Crippen LogP contribution in [0.4, 0.5) is 14.5 Å². The fourth-order valence-electron chi connectivity index (χ4n) is 3.30. The first-order valence-corrected chi connectivity index (χ1v) is 9.11. The van der Waals surface area contributed by atoms with E-state index >= 15 is 0 Å². The zero-order valence-electron chi connectivity index (χ0n) is 15.9. The highest BCUT2D eigenvalue weighted by molar-refractivity contribution is 6.01. The number of halogens is 2. The monoisotopic (exact) mass is 387 g/mol. The Balaban J connectivity index is 1.89. The second kappa shape index (κ2) is 8.48. The summed E-state index contributed by atoms with van der Waals surface area (Å²) in [6.45, 7) is 0.955. The van der Waals surface area contributed by atoms with Crippen LogP contribution in [0, 0.1) is 11.6 Å². The molecule has 1 atom stereocenters. The number of likely N-dealkylation sites (N-methyl/N-ethyl adjacent to an activating group) is 1. The second-order valence-corrected chi connectivity index (χ2v) is 7.19. The number of nitrogens with one attached hydrogen (secondary N) is 1. The summed E-state index contributed by atoms with van der Waals surface area (Å²) >= 11 is 0. The van der Waals surface area contributed by atoms with E-state index in [1.807, 2.05) is 31.1 Å². The number of carbonyl (C=O) groups excluding carboxylic acids is 2. The summed E-state index contributed by atoms with van der Waals surface area (Å²) in [6, 6.07) is 10.5. The van der Waals surface area contributed by atoms with Gasteiger partial charge in [-0.25, -0.2) is 8.78 Å². The molecule has 1 aliphatic rings. The lowest BCUT2D eigenvalue weighted by molar-refractivity contribution is -0.135. The summed E-state index contributed by atoms with van der Waals surface area (Å²) in [5.41, 5.74) is 1.61. The number of carbonyl (C=O) groups is 2. The van der Waals surface area contributed by atoms with E-state index in [-0.39, 0.29) is 30.3 Å². The average molecular weight is 387 g/mol. The highest BCUT2D eigenvalue weighted by Crippen LogP contribution is 2.33. The number of rotatable bonds is 6. The number of para-hydroxylation sites is 1. The Bertz CT molecular complexity index is 886. The molecule has 1 aliphatic heterocycles. The number of amides is 2. The van der Waals surface area contributed by atoms with Crippen LogP contribution in [0.3, 0.4) is 0 Å². The van der Waals surface area contributed by atoms with Gasteiger partial charge in [-0.15, -0.1) is 0 Å². The van der Waals surface area contributed by atoms with Crippen molar-refractivity contribution in [3.63, 3.8) is 0 Å². The molecule has 5 nitrogen and oxygen atoms in total. The minimum atomic E-state index is -0.690. The van der Waals surface area contributed by atoms with Gasteiger partial charge in [0, 0.05) is 43.4 Å². The largest absolute Gasteiger partial charge is 0.336 e. The van der Waals surface area contributed by atoms with E-state index in [2.05, 4.69) is 5.32 Å². The van der Waals surface area contributed by atoms with Crippen molar-refractivity contribution in [1.29, 1.82) is 0 Å². The molecule has 7 heteroatoms. The number of nitrogens with zero attached hydrogens (tertiary/aromatic N) is 2. The Morgan fingerprint density at radius 1 is 1.14 bits per heavy atom. The molecule has 2 amide bonds. The van der Waals surface area contributed by atoms with Crippen molar-refractivity contribution in [2.45, 2.75) is 18.9 Å². The molecule has 1 N–H and O–H groups in total. The van der Waals surface area contributed by atoms with Gasteiger partial charge in [0.2, 0.25) is 11.8 Å². The number of anilines is 1. The molecular formula is C21H23F2N3O2. The lowest BCUT2D eigenvalue weighted by Crippen LogP contribution is -2.41. The Hall–Kier alpha value is -2.80. The Kier molecular flexibility index (Phi) is 6.04. The van der Waals surface area contributed by atoms with Crippen LogP contribution in [0.1, 0.15) is 23.5 Å². The minimum absolute atomic E-state index is 0.0130. The standard InChI is InChI=1S/C21H23F2N3O2/c1-25(2)9-10-26(13-14-7-8-15(22)11-18(14)23)21(28)17-12-20(27)24-19-6-4-3-5-16(17)19/h3-8,11,17H,9-10,12-13H2,1-2H3,(H,24,27). The summed E-state index contributed by atoms with van der Waals surface area (Å²) in [6.07, 6.45) is 0.0419. The second-order valence-electron chi connectivity index (χ2n) is 7.19. The van der Waals surface area contributed by atoms with Crippen molar-refractivity contribution < 1.29 is 18.4 Å². The molecule has 0 bridgehead atoms. The summed E-state index contributed by atoms with van der Waals surface area (Å²) in [7, 11) is 3.76. The third-order valence-corrected chi connectivity index (χ3v) is 4.80. The van der Waals surface area contributed by atoms with Gasteiger partial charge in [0.05, 0.1) is 5.92 Å². The molecule has 28 heavy (non-hydrogen) atoms. The number of benzene rings is 2. The maximum Gasteiger partial charge on any atom is 0.231 e. The van der Waals surface area contributed by atoms with Crippen LogP contribution in [0.5, 0.6) is 0 Å². The molecule has 1 heterocycles. The zero-order chi connectivity index (χ0) is 20.3. The highest BCUT2D eigenvalue weighted by atomic mass is 19.1. The van der Waals surface area contributed by atoms with Gasteiger partial charge in [0.15, 0.2) is 0 Å². The third-order valence-electron chi connectivity index (χ3n) is 4.80. The molecule has 0 saturated carbocycles. The summed E-state index contributed by atoms with van der Waals surface area (Å²) < 4.78 is 27.4. The molecular weight excluding hydrogens is 364 g/mol. The summed E-state index contributed by atoms with van der Waals surface area (Å²) in [5.74, 6) is -2.45. The quantitative estimate of drug-likeness (QED) is 0.829. The van der Waals surface area contributed by atoms with Crippen LogP contribution >= 0.6 is 0 Å². The predicted molar refractivity (Wildman–Crippen MR) is 103 cm³/mol. The first-order valence-electron chi connectivity index (χ1n) is 9.11. The van der Waals surface area contributed by atoms with Gasteiger partial charge in [0.1, 0.15) is 11.6 Å². The van der Waals surface area contributed by atoms with E-state index < -0.39 is 17.6 Å². The van der Waals surface area contributed by atoms with Crippen LogP contribution in [-0.4, -0.2) is 48.8 Å². The molecule has 0 aromatic heterocycles. The minimum Gasteiger partial charge on any atom is -0.336 e. The van der Waals surface area contributed by atoms with Crippen molar-refractivity contribution in [3.8, 4) is 0 Å². The molecule has 148 valence electrons. The van der Waals surface area contributed by atoms with Crippen molar-refractivity contribution in [2.75, 3.05) is 32.5 Å². The van der Waals surface area contributed by atoms with Gasteiger partial charge in [-0.3, -0.25) is 9.59 Å². The van der Waals surface area contributed by atoms with Gasteiger partial charge in [-0.05, 0) is 31.8 Å². The number of hydrogen-bond donors (Lipinski definition) is 1. The van der Waals surface area contributed by atoms with Crippen LogP contribution in [0.15, 0.2) is 42.5 Å². The lowest BCUT2D eigenvalue weighted by atomic mass is 9.89. The molecule has 0 fully saturated rings. The zero-order valence-corrected chi connectivity index (χ0v) is 15.9. The molecule has 2 aromatic carbocycles. The first-order chi connectivity index (χ1) is 13.3. The predicted octanol–water partition coefficient (Wildman–Crippen LogP) is 2.98. The summed E-state index contributed by atoms with van der Waals surface area (Å²) in [5, 5.41) is 2.78. The molecule has 0 saturated heterocycles. The van der Waals surface area contributed by atoms with E-state index in [9.17, 15) is 18.4 Å². The van der Waals surface area contributed by atoms with Gasteiger partial charge in [0.25, 0.3) is 0 Å². The van der Waals surface area contributed by atoms with Crippen molar-refractivity contribution in [3.05, 3.63) is 65.2 Å². The average Bonchev–Trinajstić information content (AvgIpc) is 2.65. The molecule has 0 radical (unpaired) electrons. The maximum atomic E-state index is 14.2. The topological polar surface area (TPSA) is 52.7 Å². The first kappa shape index (κ1) is 19.9. The van der Waals surface area contributed by atoms with Crippen molar-refractivity contribution >= 4 is 17.5 Å². The van der Waals surface area contributed by atoms with Gasteiger partial charge in [-0.1, -0.05) is 24.3 Å². The van der Waals surface area contributed by atoms with Crippen LogP contribution < -0.4 is 5.32 Å². The third kappa shape index (κ3) is 4.54. The van der Waals surface area contributed by atoms with E-state index in [1.165, 1.54) is 17.0 Å². The Morgan fingerprint density at radius 3 is 2.61 bits per heavy atom. The summed E-state index contributed by atoms with van der Waals surface area (Å²) in [4.78, 5) is 28.9. The van der Waals surface area contributed by atoms with Gasteiger partial charge < -0.3 is 15.1 Å². The van der Waals surface area contributed by atoms with E-state index in [0.29, 0.717) is 18.8 Å². The Labute approximate surface area is 162 Å². The van der Waals surface area contributed by atoms with Crippen LogP contribution in [0.25, 0.3) is 0 Å². The fourth-order valence-corrected chi connectivity index (χ4v) is 3.30. The normalized spacial score (nSPS) is 15.9. The number of fused-ring (bicyclic) bond motifs is 1. The lowest BCUT2D eigenvalue weighted by Gasteiger charge is -2.31. The number of hydrogen-bond acceptors (Lipinski definition) is 3. The van der Waals surface area contributed by atoms with Crippen LogP contribution in [-0.2, 0) is 16.1 Å². The van der Waals surface area contributed by atoms with Crippen LogP contribution in [0.2, 0.25) is 0 Å². The maximum absolute atomic E-state index is 14.2. The van der Waals surface area contributed by atoms with Gasteiger partial charge >= 0.3 is 0 Å². The van der Waals surface area contributed by atoms with Gasteiger partial charge in [-0.2, -0.15) is 0 Å².